The Kier molecular flexibility index (Phi) is 5.91. The first kappa shape index (κ1) is 18.6. The van der Waals surface area contributed by atoms with Crippen LogP contribution in [0.1, 0.15) is 46.9 Å². The van der Waals surface area contributed by atoms with Gasteiger partial charge in [-0.2, -0.15) is 0 Å². The van der Waals surface area contributed by atoms with Crippen LogP contribution >= 0.6 is 0 Å². The number of amides is 1. The molecule has 1 aromatic carbocycles. The van der Waals surface area contributed by atoms with Gasteiger partial charge in [-0.1, -0.05) is 37.6 Å². The van der Waals surface area contributed by atoms with E-state index in [1.807, 2.05) is 6.92 Å². The number of carbonyl (C=O) groups excluding carboxylic acids is 3. The summed E-state index contributed by atoms with van der Waals surface area (Å²) < 4.78 is 5.23. The Balaban J connectivity index is 2.58. The minimum Gasteiger partial charge on any atom is -0.492 e. The van der Waals surface area contributed by atoms with Crippen molar-refractivity contribution < 1.29 is 19.1 Å². The molecule has 0 spiro atoms. The van der Waals surface area contributed by atoms with Gasteiger partial charge in [0.1, 0.15) is 0 Å². The van der Waals surface area contributed by atoms with E-state index in [2.05, 4.69) is 0 Å². The molecular weight excluding hydrogens is 318 g/mol. The van der Waals surface area contributed by atoms with Crippen LogP contribution in [0.5, 0.6) is 0 Å². The molecule has 0 N–H and O–H groups in total. The molecule has 0 atom stereocenters. The van der Waals surface area contributed by atoms with Gasteiger partial charge in [0.25, 0.3) is 0 Å². The number of ketones is 2. The third kappa shape index (κ3) is 3.71. The number of likely N-dealkylation sites (N-methyl/N-ethyl adjacent to an activating group) is 1. The van der Waals surface area contributed by atoms with E-state index in [-0.39, 0.29) is 28.8 Å². The number of hydrogen-bond donors (Lipinski definition) is 0. The molecule has 0 saturated heterocycles. The lowest BCUT2D eigenvalue weighted by molar-refractivity contribution is -0.124. The Bertz CT molecular complexity index is 772. The average Bonchev–Trinajstić information content (AvgIpc) is 2.62. The number of hydrogen-bond acceptors (Lipinski definition) is 4. The third-order valence-corrected chi connectivity index (χ3v) is 4.12. The molecule has 5 heteroatoms. The van der Waals surface area contributed by atoms with Crippen LogP contribution < -0.4 is 0 Å². The van der Waals surface area contributed by atoms with Crippen molar-refractivity contribution in [2.45, 2.75) is 26.2 Å². The number of rotatable bonds is 6. The molecule has 1 amide bonds. The maximum absolute atomic E-state index is 12.9. The fourth-order valence-electron chi connectivity index (χ4n) is 2.78. The fraction of sp³-hybridized carbons (Fsp3) is 0.350. The zero-order chi connectivity index (χ0) is 18.6. The van der Waals surface area contributed by atoms with Crippen molar-refractivity contribution in [2.75, 3.05) is 21.2 Å². The molecular formula is C20H23NO4. The summed E-state index contributed by atoms with van der Waals surface area (Å²) >= 11 is 0. The second-order valence-corrected chi connectivity index (χ2v) is 6.12. The summed E-state index contributed by atoms with van der Waals surface area (Å²) in [5, 5.41) is 0. The number of methoxy groups -OCH3 is 1. The van der Waals surface area contributed by atoms with Crippen molar-refractivity contribution in [1.29, 1.82) is 0 Å². The van der Waals surface area contributed by atoms with Gasteiger partial charge in [-0.15, -0.1) is 0 Å². The second kappa shape index (κ2) is 7.92. The van der Waals surface area contributed by atoms with E-state index < -0.39 is 0 Å². The third-order valence-electron chi connectivity index (χ3n) is 4.12. The SMILES string of the molecule is CCCCC(=CC1=C(OC)C(=O)c2ccccc2C1=O)C(=O)N(C)C. The average molecular weight is 341 g/mol. The first-order valence-corrected chi connectivity index (χ1v) is 8.31. The normalized spacial score (nSPS) is 14.5. The van der Waals surface area contributed by atoms with Crippen LogP contribution in [0.2, 0.25) is 0 Å². The number of unbranched alkanes of at least 4 members (excludes halogenated alkanes) is 1. The predicted molar refractivity (Wildman–Crippen MR) is 95.4 cm³/mol. The first-order chi connectivity index (χ1) is 11.9. The van der Waals surface area contributed by atoms with Crippen LogP contribution in [0.15, 0.2) is 47.2 Å². The van der Waals surface area contributed by atoms with Crippen LogP contribution in [0.25, 0.3) is 0 Å². The van der Waals surface area contributed by atoms with Crippen LogP contribution in [0.3, 0.4) is 0 Å². The van der Waals surface area contributed by atoms with Gasteiger partial charge in [0.2, 0.25) is 11.7 Å². The van der Waals surface area contributed by atoms with Gasteiger partial charge < -0.3 is 9.64 Å². The predicted octanol–water partition coefficient (Wildman–Crippen LogP) is 3.17. The summed E-state index contributed by atoms with van der Waals surface area (Å²) in [7, 11) is 4.69. The molecule has 1 aromatic rings. The van der Waals surface area contributed by atoms with Crippen molar-refractivity contribution in [3.05, 3.63) is 58.4 Å². The Labute approximate surface area is 148 Å². The van der Waals surface area contributed by atoms with Gasteiger partial charge in [0, 0.05) is 30.8 Å². The van der Waals surface area contributed by atoms with E-state index in [9.17, 15) is 14.4 Å². The molecule has 1 aliphatic rings. The smallest absolute Gasteiger partial charge is 0.249 e. The zero-order valence-electron chi connectivity index (χ0n) is 15.1. The quantitative estimate of drug-likeness (QED) is 0.746. The standard InChI is InChI=1S/C20H23NO4/c1-5-6-9-13(20(24)21(2)3)12-16-17(22)14-10-7-8-11-15(14)18(23)19(16)25-4/h7-8,10-12H,5-6,9H2,1-4H3. The highest BCUT2D eigenvalue weighted by Crippen LogP contribution is 2.29. The van der Waals surface area contributed by atoms with Crippen LogP contribution in [-0.2, 0) is 9.53 Å². The summed E-state index contributed by atoms with van der Waals surface area (Å²) in [6, 6.07) is 6.65. The van der Waals surface area contributed by atoms with Crippen LogP contribution in [0.4, 0.5) is 0 Å². The van der Waals surface area contributed by atoms with Crippen molar-refractivity contribution in [1.82, 2.24) is 4.90 Å². The van der Waals surface area contributed by atoms with E-state index in [1.165, 1.54) is 18.1 Å². The van der Waals surface area contributed by atoms with Crippen molar-refractivity contribution in [3.8, 4) is 0 Å². The number of benzene rings is 1. The highest BCUT2D eigenvalue weighted by molar-refractivity contribution is 6.27. The first-order valence-electron chi connectivity index (χ1n) is 8.31. The molecule has 0 aromatic heterocycles. The number of fused-ring (bicyclic) bond motifs is 1. The largest absolute Gasteiger partial charge is 0.492 e. The summed E-state index contributed by atoms with van der Waals surface area (Å²) in [5.74, 6) is -0.816. The summed E-state index contributed by atoms with van der Waals surface area (Å²) in [4.78, 5) is 39.4. The van der Waals surface area contributed by atoms with Crippen LogP contribution in [-0.4, -0.2) is 43.6 Å². The number of nitrogens with zero attached hydrogens (tertiary/aromatic N) is 1. The molecule has 5 nitrogen and oxygen atoms in total. The molecule has 0 radical (unpaired) electrons. The van der Waals surface area contributed by atoms with Crippen molar-refractivity contribution in [3.63, 3.8) is 0 Å². The summed E-state index contributed by atoms with van der Waals surface area (Å²) in [5.41, 5.74) is 1.31. The second-order valence-electron chi connectivity index (χ2n) is 6.12. The van der Waals surface area contributed by atoms with E-state index >= 15 is 0 Å². The van der Waals surface area contributed by atoms with Gasteiger partial charge in [0.15, 0.2) is 11.5 Å². The zero-order valence-corrected chi connectivity index (χ0v) is 15.1. The molecule has 0 aliphatic heterocycles. The van der Waals surface area contributed by atoms with E-state index in [4.69, 9.17) is 4.74 Å². The number of ether oxygens (including phenoxy) is 1. The maximum Gasteiger partial charge on any atom is 0.249 e. The summed E-state index contributed by atoms with van der Waals surface area (Å²) in [6.07, 6.45) is 3.80. The highest BCUT2D eigenvalue weighted by atomic mass is 16.5. The molecule has 0 bridgehead atoms. The topological polar surface area (TPSA) is 63.7 Å². The molecule has 25 heavy (non-hydrogen) atoms. The monoisotopic (exact) mass is 341 g/mol. The Morgan fingerprint density at radius 3 is 2.24 bits per heavy atom. The van der Waals surface area contributed by atoms with Crippen molar-refractivity contribution >= 4 is 17.5 Å². The van der Waals surface area contributed by atoms with Gasteiger partial charge in [-0.3, -0.25) is 14.4 Å². The number of Topliss-reactive ketones (excluding diaryl/α,β-unsaturated/α-hetero) is 2. The lowest BCUT2D eigenvalue weighted by Gasteiger charge is -2.20. The lowest BCUT2D eigenvalue weighted by atomic mass is 9.86. The molecule has 1 aliphatic carbocycles. The van der Waals surface area contributed by atoms with E-state index in [0.29, 0.717) is 23.1 Å². The fourth-order valence-corrected chi connectivity index (χ4v) is 2.78. The number of allylic oxidation sites excluding steroid dienone is 3. The minimum absolute atomic E-state index is 0.00995. The number of carbonyl (C=O) groups is 3. The van der Waals surface area contributed by atoms with Gasteiger partial charge >= 0.3 is 0 Å². The maximum atomic E-state index is 12.9. The molecule has 0 unspecified atom stereocenters. The highest BCUT2D eigenvalue weighted by Gasteiger charge is 2.32. The van der Waals surface area contributed by atoms with Gasteiger partial charge in [-0.05, 0) is 18.9 Å². The van der Waals surface area contributed by atoms with Crippen LogP contribution in [0, 0.1) is 0 Å². The molecule has 132 valence electrons. The lowest BCUT2D eigenvalue weighted by Crippen LogP contribution is -2.26. The van der Waals surface area contributed by atoms with Crippen molar-refractivity contribution in [2.24, 2.45) is 0 Å². The molecule has 0 heterocycles. The van der Waals surface area contributed by atoms with Gasteiger partial charge in [-0.25, -0.2) is 0 Å². The Morgan fingerprint density at radius 1 is 1.12 bits per heavy atom. The minimum atomic E-state index is -0.337. The summed E-state index contributed by atoms with van der Waals surface area (Å²) in [6.45, 7) is 2.03. The van der Waals surface area contributed by atoms with Gasteiger partial charge in [0.05, 0.1) is 12.7 Å². The van der Waals surface area contributed by atoms with E-state index in [0.717, 1.165) is 12.8 Å². The molecule has 0 saturated carbocycles. The Hall–Kier alpha value is -2.69. The van der Waals surface area contributed by atoms with E-state index in [1.54, 1.807) is 38.4 Å². The molecule has 0 fully saturated rings. The molecule has 2 rings (SSSR count). The Morgan fingerprint density at radius 2 is 1.72 bits per heavy atom.